The first kappa shape index (κ1) is 20.6. The lowest BCUT2D eigenvalue weighted by atomic mass is 9.91. The second-order valence-electron chi connectivity index (χ2n) is 7.81. The lowest BCUT2D eigenvalue weighted by Gasteiger charge is -2.17. The summed E-state index contributed by atoms with van der Waals surface area (Å²) in [6.07, 6.45) is 1.77. The number of aryl methyl sites for hydroxylation is 1. The van der Waals surface area contributed by atoms with E-state index < -0.39 is 0 Å². The van der Waals surface area contributed by atoms with Crippen LogP contribution in [0.25, 0.3) is 38.0 Å². The van der Waals surface area contributed by atoms with Gasteiger partial charge in [-0.3, -0.25) is 14.5 Å². The van der Waals surface area contributed by atoms with Gasteiger partial charge < -0.3 is 10.5 Å². The molecule has 0 unspecified atom stereocenters. The Labute approximate surface area is 190 Å². The number of nitrogens with zero attached hydrogens (tertiary/aromatic N) is 4. The van der Waals surface area contributed by atoms with E-state index in [0.717, 1.165) is 38.7 Å². The van der Waals surface area contributed by atoms with Crippen LogP contribution in [0, 0.1) is 6.57 Å². The van der Waals surface area contributed by atoms with Crippen LogP contribution >= 0.6 is 0 Å². The van der Waals surface area contributed by atoms with Gasteiger partial charge in [0.15, 0.2) is 5.78 Å². The van der Waals surface area contributed by atoms with Crippen molar-refractivity contribution in [2.75, 3.05) is 20.2 Å². The number of hydrogen-bond acceptors (Lipinski definition) is 5. The maximum Gasteiger partial charge on any atom is 0.204 e. The van der Waals surface area contributed by atoms with Crippen molar-refractivity contribution in [3.8, 4) is 28.1 Å². The van der Waals surface area contributed by atoms with Gasteiger partial charge in [-0.05, 0) is 23.1 Å². The summed E-state index contributed by atoms with van der Waals surface area (Å²) in [6, 6.07) is 15.3. The summed E-state index contributed by atoms with van der Waals surface area (Å²) in [5.41, 5.74) is 11.8. The molecule has 0 fully saturated rings. The van der Waals surface area contributed by atoms with Crippen LogP contribution in [0.5, 0.6) is 5.75 Å². The molecule has 0 bridgehead atoms. The number of nitrogens with two attached hydrogens (primary N) is 1. The molecule has 1 aliphatic rings. The van der Waals surface area contributed by atoms with Crippen molar-refractivity contribution in [2.24, 2.45) is 17.8 Å². The summed E-state index contributed by atoms with van der Waals surface area (Å²) in [5, 5.41) is 6.20. The van der Waals surface area contributed by atoms with E-state index in [9.17, 15) is 4.79 Å². The number of Topliss-reactive ketones (excluding diaryl/α,β-unsaturated/α-hetero) is 1. The van der Waals surface area contributed by atoms with E-state index in [2.05, 4.69) is 14.9 Å². The van der Waals surface area contributed by atoms with E-state index in [4.69, 9.17) is 17.0 Å². The third-order valence-electron chi connectivity index (χ3n) is 6.05. The first-order chi connectivity index (χ1) is 16.1. The molecule has 1 aliphatic heterocycles. The van der Waals surface area contributed by atoms with Crippen LogP contribution in [0.2, 0.25) is 0 Å². The van der Waals surface area contributed by atoms with Gasteiger partial charge in [-0.1, -0.05) is 36.4 Å². The molecule has 5 rings (SSSR count). The van der Waals surface area contributed by atoms with Crippen LogP contribution in [0.3, 0.4) is 0 Å². The molecule has 162 valence electrons. The molecule has 0 atom stereocenters. The minimum Gasteiger partial charge on any atom is -0.496 e. The average molecular weight is 435 g/mol. The van der Waals surface area contributed by atoms with E-state index in [1.165, 1.54) is 0 Å². The number of ether oxygens (including phenoxy) is 1. The van der Waals surface area contributed by atoms with E-state index in [1.807, 2.05) is 55.6 Å². The average Bonchev–Trinajstić information content (AvgIpc) is 3.24. The van der Waals surface area contributed by atoms with E-state index >= 15 is 0 Å². The topological polar surface area (TPSA) is 86.9 Å². The normalized spacial score (nSPS) is 12.9. The van der Waals surface area contributed by atoms with Crippen molar-refractivity contribution in [3.63, 3.8) is 0 Å². The fourth-order valence-electron chi connectivity index (χ4n) is 4.47. The van der Waals surface area contributed by atoms with Gasteiger partial charge >= 0.3 is 0 Å². The van der Waals surface area contributed by atoms with Gasteiger partial charge in [-0.2, -0.15) is 5.10 Å². The van der Waals surface area contributed by atoms with Gasteiger partial charge in [0.25, 0.3) is 0 Å². The van der Waals surface area contributed by atoms with Crippen molar-refractivity contribution in [2.45, 2.75) is 0 Å². The second kappa shape index (κ2) is 8.01. The predicted molar refractivity (Wildman–Crippen MR) is 129 cm³/mol. The zero-order valence-electron chi connectivity index (χ0n) is 18.3. The third-order valence-corrected chi connectivity index (χ3v) is 6.05. The van der Waals surface area contributed by atoms with Gasteiger partial charge in [0.1, 0.15) is 12.3 Å². The van der Waals surface area contributed by atoms with Gasteiger partial charge in [0.2, 0.25) is 5.69 Å². The predicted octanol–water partition coefficient (Wildman–Crippen LogP) is 4.41. The number of fused-ring (bicyclic) bond motifs is 2. The second-order valence-corrected chi connectivity index (χ2v) is 7.81. The molecule has 3 aromatic carbocycles. The van der Waals surface area contributed by atoms with Crippen molar-refractivity contribution < 1.29 is 9.53 Å². The lowest BCUT2D eigenvalue weighted by molar-refractivity contribution is 0.1000. The Hall–Kier alpha value is -4.28. The first-order valence-corrected chi connectivity index (χ1v) is 10.5. The number of hydrogen-bond donors (Lipinski definition) is 1. The molecule has 4 aromatic rings. The smallest absolute Gasteiger partial charge is 0.204 e. The molecule has 7 nitrogen and oxygen atoms in total. The molecule has 1 aromatic heterocycles. The molecule has 33 heavy (non-hydrogen) atoms. The maximum atomic E-state index is 12.4. The molecule has 0 spiro atoms. The maximum absolute atomic E-state index is 12.4. The largest absolute Gasteiger partial charge is 0.496 e. The summed E-state index contributed by atoms with van der Waals surface area (Å²) in [4.78, 5) is 20.6. The summed E-state index contributed by atoms with van der Waals surface area (Å²) >= 11 is 0. The van der Waals surface area contributed by atoms with Crippen LogP contribution in [-0.2, 0) is 7.05 Å². The molecule has 0 saturated heterocycles. The van der Waals surface area contributed by atoms with E-state index in [-0.39, 0.29) is 18.9 Å². The fraction of sp³-hybridized carbons (Fsp3) is 0.154. The van der Waals surface area contributed by atoms with Crippen LogP contribution in [0.1, 0.15) is 15.9 Å². The standard InChI is InChI=1S/C26H21N5O2/c1-28-25-18-7-5-4-6-17(18)24(33-3)11-20(25)26-21(13-30-31(26)2)15-8-9-16-19(10-15)22(12-27)29-14-23(16)32/h4-11,13H,12,14,27H2,2-3H3. The molecule has 0 aliphatic carbocycles. The Bertz CT molecular complexity index is 1510. The molecule has 7 heteroatoms. The molecule has 0 radical (unpaired) electrons. The monoisotopic (exact) mass is 435 g/mol. The van der Waals surface area contributed by atoms with Crippen LogP contribution < -0.4 is 10.5 Å². The van der Waals surface area contributed by atoms with Crippen molar-refractivity contribution in [1.29, 1.82) is 0 Å². The highest BCUT2D eigenvalue weighted by atomic mass is 16.5. The molecule has 0 amide bonds. The molecule has 2 N–H and O–H groups in total. The van der Waals surface area contributed by atoms with E-state index in [1.54, 1.807) is 18.0 Å². The molecular weight excluding hydrogens is 414 g/mol. The number of aliphatic imine (C=N–C) groups is 1. The highest BCUT2D eigenvalue weighted by molar-refractivity contribution is 6.16. The van der Waals surface area contributed by atoms with Gasteiger partial charge in [-0.25, -0.2) is 4.85 Å². The summed E-state index contributed by atoms with van der Waals surface area (Å²) in [6.45, 7) is 8.31. The number of benzene rings is 3. The minimum atomic E-state index is -0.0188. The third kappa shape index (κ3) is 3.20. The lowest BCUT2D eigenvalue weighted by Crippen LogP contribution is -2.24. The fourth-order valence-corrected chi connectivity index (χ4v) is 4.47. The molecule has 0 saturated carbocycles. The number of ketones is 1. The van der Waals surface area contributed by atoms with Gasteiger partial charge in [0, 0.05) is 41.2 Å². The minimum absolute atomic E-state index is 0.0188. The highest BCUT2D eigenvalue weighted by Crippen LogP contribution is 2.45. The van der Waals surface area contributed by atoms with Crippen LogP contribution in [-0.4, -0.2) is 41.5 Å². The molecule has 2 heterocycles. The van der Waals surface area contributed by atoms with Crippen molar-refractivity contribution in [3.05, 3.63) is 77.3 Å². The summed E-state index contributed by atoms with van der Waals surface area (Å²) in [5.74, 6) is 0.670. The van der Waals surface area contributed by atoms with Gasteiger partial charge in [-0.15, -0.1) is 0 Å². The number of rotatable bonds is 4. The SMILES string of the molecule is [C-]#[N+]c1c(-c2c(-c3ccc4c(c3)C(CN)=NCC4=O)cnn2C)cc(OC)c2ccccc12. The summed E-state index contributed by atoms with van der Waals surface area (Å²) in [7, 11) is 3.48. The van der Waals surface area contributed by atoms with Crippen LogP contribution in [0.4, 0.5) is 5.69 Å². The van der Waals surface area contributed by atoms with Crippen molar-refractivity contribution >= 4 is 28.0 Å². The van der Waals surface area contributed by atoms with Crippen LogP contribution in [0.15, 0.2) is 59.7 Å². The van der Waals surface area contributed by atoms with E-state index in [0.29, 0.717) is 22.7 Å². The highest BCUT2D eigenvalue weighted by Gasteiger charge is 2.24. The number of carbonyl (C=O) groups excluding carboxylic acids is 1. The number of carbonyl (C=O) groups is 1. The van der Waals surface area contributed by atoms with Crippen molar-refractivity contribution in [1.82, 2.24) is 9.78 Å². The zero-order valence-corrected chi connectivity index (χ0v) is 18.3. The summed E-state index contributed by atoms with van der Waals surface area (Å²) < 4.78 is 7.43. The number of methoxy groups -OCH3 is 1. The van der Waals surface area contributed by atoms with Gasteiger partial charge in [0.05, 0.1) is 31.3 Å². The Balaban J connectivity index is 1.77. The quantitative estimate of drug-likeness (QED) is 0.481. The Morgan fingerprint density at radius 2 is 1.88 bits per heavy atom. The first-order valence-electron chi connectivity index (χ1n) is 10.5. The number of aromatic nitrogens is 2. The Morgan fingerprint density at radius 3 is 2.61 bits per heavy atom. The Kier molecular flexibility index (Phi) is 5.00. The molecular formula is C26H21N5O2. The zero-order chi connectivity index (χ0) is 23.1. The Morgan fingerprint density at radius 1 is 1.09 bits per heavy atom.